The molecule has 19 heavy (non-hydrogen) atoms. The van der Waals surface area contributed by atoms with Crippen LogP contribution in [0.15, 0.2) is 18.7 Å². The van der Waals surface area contributed by atoms with Gasteiger partial charge in [-0.1, -0.05) is 12.1 Å². The summed E-state index contributed by atoms with van der Waals surface area (Å²) in [7, 11) is 0. The number of hydrogen-bond acceptors (Lipinski definition) is 6. The summed E-state index contributed by atoms with van der Waals surface area (Å²) >= 11 is 0. The van der Waals surface area contributed by atoms with Crippen LogP contribution < -0.4 is 10.6 Å². The Morgan fingerprint density at radius 2 is 1.95 bits per heavy atom. The first-order chi connectivity index (χ1) is 9.35. The number of aromatic nitrogens is 5. The van der Waals surface area contributed by atoms with E-state index in [0.29, 0.717) is 0 Å². The second-order valence-electron chi connectivity index (χ2n) is 4.03. The van der Waals surface area contributed by atoms with Crippen LogP contribution in [-0.2, 0) is 13.0 Å². The van der Waals surface area contributed by atoms with E-state index >= 15 is 0 Å². The Morgan fingerprint density at radius 3 is 2.58 bits per heavy atom. The molecule has 0 atom stereocenters. The monoisotopic (exact) mass is 261 g/mol. The molecule has 2 N–H and O–H groups in total. The van der Waals surface area contributed by atoms with E-state index in [9.17, 15) is 0 Å². The van der Waals surface area contributed by atoms with Crippen molar-refractivity contribution < 1.29 is 0 Å². The van der Waals surface area contributed by atoms with Crippen molar-refractivity contribution >= 4 is 11.6 Å². The summed E-state index contributed by atoms with van der Waals surface area (Å²) in [5.41, 5.74) is 1.11. The summed E-state index contributed by atoms with van der Waals surface area (Å²) in [6.07, 6.45) is 5.97. The summed E-state index contributed by atoms with van der Waals surface area (Å²) in [5, 5.41) is 14.3. The molecule has 7 heteroatoms. The summed E-state index contributed by atoms with van der Waals surface area (Å²) < 4.78 is 1.78. The zero-order valence-corrected chi connectivity index (χ0v) is 11.3. The average molecular weight is 261 g/mol. The minimum atomic E-state index is 0.749. The SMILES string of the molecule is CCNc1ncnc(NCCn2ccnn2)c1CC. The van der Waals surface area contributed by atoms with E-state index in [1.165, 1.54) is 0 Å². The van der Waals surface area contributed by atoms with Crippen molar-refractivity contribution in [3.8, 4) is 0 Å². The van der Waals surface area contributed by atoms with Gasteiger partial charge in [0.25, 0.3) is 0 Å². The zero-order chi connectivity index (χ0) is 13.5. The lowest BCUT2D eigenvalue weighted by Gasteiger charge is -2.13. The highest BCUT2D eigenvalue weighted by atomic mass is 15.4. The molecule has 0 saturated heterocycles. The molecule has 2 rings (SSSR count). The van der Waals surface area contributed by atoms with Gasteiger partial charge in [0.05, 0.1) is 12.7 Å². The van der Waals surface area contributed by atoms with Crippen molar-refractivity contribution in [2.24, 2.45) is 0 Å². The highest BCUT2D eigenvalue weighted by molar-refractivity contribution is 5.57. The van der Waals surface area contributed by atoms with Gasteiger partial charge >= 0.3 is 0 Å². The smallest absolute Gasteiger partial charge is 0.134 e. The molecule has 0 amide bonds. The van der Waals surface area contributed by atoms with Gasteiger partial charge in [0.2, 0.25) is 0 Å². The van der Waals surface area contributed by atoms with Crippen LogP contribution in [0, 0.1) is 0 Å². The third-order valence-electron chi connectivity index (χ3n) is 2.75. The third-order valence-corrected chi connectivity index (χ3v) is 2.75. The number of rotatable bonds is 7. The Kier molecular flexibility index (Phi) is 4.66. The predicted octanol–water partition coefficient (Wildman–Crippen LogP) is 1.17. The molecule has 0 aliphatic carbocycles. The molecule has 0 aliphatic heterocycles. The summed E-state index contributed by atoms with van der Waals surface area (Å²) in [6, 6.07) is 0. The Bertz CT molecular complexity index is 495. The van der Waals surface area contributed by atoms with Crippen LogP contribution in [0.4, 0.5) is 11.6 Å². The molecule has 2 heterocycles. The van der Waals surface area contributed by atoms with E-state index in [-0.39, 0.29) is 0 Å². The number of nitrogens with one attached hydrogen (secondary N) is 2. The van der Waals surface area contributed by atoms with Gasteiger partial charge < -0.3 is 10.6 Å². The van der Waals surface area contributed by atoms with Crippen LogP contribution >= 0.6 is 0 Å². The van der Waals surface area contributed by atoms with E-state index < -0.39 is 0 Å². The van der Waals surface area contributed by atoms with Gasteiger partial charge in [0, 0.05) is 24.8 Å². The molecule has 102 valence electrons. The van der Waals surface area contributed by atoms with Crippen LogP contribution in [0.25, 0.3) is 0 Å². The first-order valence-electron chi connectivity index (χ1n) is 6.50. The van der Waals surface area contributed by atoms with Crippen LogP contribution in [0.3, 0.4) is 0 Å². The first kappa shape index (κ1) is 13.3. The topological polar surface area (TPSA) is 80.5 Å². The second-order valence-corrected chi connectivity index (χ2v) is 4.03. The maximum absolute atomic E-state index is 4.30. The van der Waals surface area contributed by atoms with Gasteiger partial charge in [0.1, 0.15) is 18.0 Å². The molecule has 0 aromatic carbocycles. The average Bonchev–Trinajstić information content (AvgIpc) is 2.93. The highest BCUT2D eigenvalue weighted by Crippen LogP contribution is 2.19. The Balaban J connectivity index is 2.00. The van der Waals surface area contributed by atoms with Crippen LogP contribution in [0.2, 0.25) is 0 Å². The van der Waals surface area contributed by atoms with Gasteiger partial charge in [-0.2, -0.15) is 0 Å². The molecule has 0 spiro atoms. The minimum absolute atomic E-state index is 0.749. The van der Waals surface area contributed by atoms with E-state index in [1.807, 2.05) is 6.20 Å². The summed E-state index contributed by atoms with van der Waals surface area (Å²) in [4.78, 5) is 8.57. The van der Waals surface area contributed by atoms with Crippen molar-refractivity contribution in [1.29, 1.82) is 0 Å². The van der Waals surface area contributed by atoms with Crippen molar-refractivity contribution in [3.63, 3.8) is 0 Å². The predicted molar refractivity (Wildman–Crippen MR) is 74.1 cm³/mol. The van der Waals surface area contributed by atoms with Crippen LogP contribution in [0.1, 0.15) is 19.4 Å². The highest BCUT2D eigenvalue weighted by Gasteiger charge is 2.08. The van der Waals surface area contributed by atoms with Crippen LogP contribution in [0.5, 0.6) is 0 Å². The van der Waals surface area contributed by atoms with Gasteiger partial charge in [-0.05, 0) is 13.3 Å². The first-order valence-corrected chi connectivity index (χ1v) is 6.50. The van der Waals surface area contributed by atoms with Crippen molar-refractivity contribution in [2.75, 3.05) is 23.7 Å². The van der Waals surface area contributed by atoms with E-state index in [1.54, 1.807) is 17.2 Å². The Labute approximate surface area is 112 Å². The molecule has 0 aliphatic rings. The number of hydrogen-bond donors (Lipinski definition) is 2. The van der Waals surface area contributed by atoms with E-state index in [4.69, 9.17) is 0 Å². The molecule has 0 fully saturated rings. The Morgan fingerprint density at radius 1 is 1.16 bits per heavy atom. The van der Waals surface area contributed by atoms with Crippen molar-refractivity contribution in [2.45, 2.75) is 26.8 Å². The lowest BCUT2D eigenvalue weighted by molar-refractivity contribution is 0.608. The molecule has 0 bridgehead atoms. The van der Waals surface area contributed by atoms with E-state index in [0.717, 1.165) is 43.3 Å². The molecular formula is C12H19N7. The lowest BCUT2D eigenvalue weighted by atomic mass is 10.2. The molecule has 7 nitrogen and oxygen atoms in total. The van der Waals surface area contributed by atoms with Gasteiger partial charge in [-0.25, -0.2) is 9.97 Å². The second kappa shape index (κ2) is 6.67. The molecule has 0 radical (unpaired) electrons. The summed E-state index contributed by atoms with van der Waals surface area (Å²) in [5.74, 6) is 1.79. The maximum Gasteiger partial charge on any atom is 0.134 e. The fourth-order valence-electron chi connectivity index (χ4n) is 1.86. The normalized spacial score (nSPS) is 10.4. The summed E-state index contributed by atoms with van der Waals surface area (Å²) in [6.45, 7) is 6.51. The molecular weight excluding hydrogens is 242 g/mol. The minimum Gasteiger partial charge on any atom is -0.370 e. The van der Waals surface area contributed by atoms with Crippen LogP contribution in [-0.4, -0.2) is 38.1 Å². The van der Waals surface area contributed by atoms with E-state index in [2.05, 4.69) is 44.8 Å². The Hall–Kier alpha value is -2.18. The lowest BCUT2D eigenvalue weighted by Crippen LogP contribution is -2.14. The van der Waals surface area contributed by atoms with Gasteiger partial charge in [-0.3, -0.25) is 4.68 Å². The zero-order valence-electron chi connectivity index (χ0n) is 11.3. The third kappa shape index (κ3) is 3.40. The molecule has 0 unspecified atom stereocenters. The van der Waals surface area contributed by atoms with Crippen molar-refractivity contribution in [1.82, 2.24) is 25.0 Å². The standard InChI is InChI=1S/C12H19N7/c1-3-10-11(13-4-2)15-9-16-12(10)14-5-7-19-8-6-17-18-19/h6,8-9H,3-5,7H2,1-2H3,(H2,13,14,15,16). The van der Waals surface area contributed by atoms with Gasteiger partial charge in [-0.15, -0.1) is 5.10 Å². The fraction of sp³-hybridized carbons (Fsp3) is 0.500. The molecule has 2 aromatic heterocycles. The number of anilines is 2. The molecule has 0 saturated carbocycles. The number of nitrogens with zero attached hydrogens (tertiary/aromatic N) is 5. The van der Waals surface area contributed by atoms with Gasteiger partial charge in [0.15, 0.2) is 0 Å². The maximum atomic E-state index is 4.30. The van der Waals surface area contributed by atoms with Crippen molar-refractivity contribution in [3.05, 3.63) is 24.3 Å². The largest absolute Gasteiger partial charge is 0.370 e. The quantitative estimate of drug-likeness (QED) is 0.779. The molecule has 2 aromatic rings. The fourth-order valence-corrected chi connectivity index (χ4v) is 1.86.